The van der Waals surface area contributed by atoms with Gasteiger partial charge in [-0.05, 0) is 12.1 Å². The molecule has 5 heteroatoms. The number of hydrogen-bond donors (Lipinski definition) is 1. The molecular formula is C14H18Cl2N2O. The van der Waals surface area contributed by atoms with Crippen molar-refractivity contribution in [3.8, 4) is 11.3 Å². The van der Waals surface area contributed by atoms with Crippen molar-refractivity contribution in [1.82, 2.24) is 4.98 Å². The van der Waals surface area contributed by atoms with Crippen LogP contribution in [-0.2, 0) is 5.41 Å². The van der Waals surface area contributed by atoms with Crippen LogP contribution >= 0.6 is 24.0 Å². The van der Waals surface area contributed by atoms with Crippen molar-refractivity contribution in [2.24, 2.45) is 0 Å². The number of nitrogens with one attached hydrogen (secondary N) is 1. The standard InChI is InChI=1S/C14H17ClN2O.ClH/c1-14(2,3)13-17-11(12(16-4)18-13)9-6-5-7-10(15)8-9;/h5-8,16H,1-4H3;1H. The number of nitrogens with zero attached hydrogens (tertiary/aromatic N) is 1. The smallest absolute Gasteiger partial charge is 0.221 e. The minimum Gasteiger partial charge on any atom is -0.424 e. The van der Waals surface area contributed by atoms with Crippen LogP contribution in [0.3, 0.4) is 0 Å². The fourth-order valence-electron chi connectivity index (χ4n) is 1.64. The summed E-state index contributed by atoms with van der Waals surface area (Å²) in [6, 6.07) is 7.60. The SMILES string of the molecule is CNc1oc(C(C)(C)C)nc1-c1cccc(Cl)c1.Cl. The van der Waals surface area contributed by atoms with Crippen LogP contribution < -0.4 is 5.32 Å². The van der Waals surface area contributed by atoms with E-state index in [4.69, 9.17) is 16.0 Å². The molecule has 2 aromatic rings. The summed E-state index contributed by atoms with van der Waals surface area (Å²) in [7, 11) is 1.82. The fraction of sp³-hybridized carbons (Fsp3) is 0.357. The van der Waals surface area contributed by atoms with Gasteiger partial charge in [0.25, 0.3) is 0 Å². The lowest BCUT2D eigenvalue weighted by Crippen LogP contribution is -2.11. The Morgan fingerprint density at radius 2 is 1.95 bits per heavy atom. The third kappa shape index (κ3) is 3.43. The molecule has 1 aromatic heterocycles. The van der Waals surface area contributed by atoms with Crippen LogP contribution in [-0.4, -0.2) is 12.0 Å². The summed E-state index contributed by atoms with van der Waals surface area (Å²) >= 11 is 6.01. The van der Waals surface area contributed by atoms with Crippen LogP contribution in [0.5, 0.6) is 0 Å². The number of rotatable bonds is 2. The van der Waals surface area contributed by atoms with E-state index in [1.54, 1.807) is 0 Å². The van der Waals surface area contributed by atoms with Gasteiger partial charge in [-0.25, -0.2) is 4.98 Å². The predicted molar refractivity (Wildman–Crippen MR) is 82.4 cm³/mol. The average molecular weight is 301 g/mol. The first kappa shape index (κ1) is 15.9. The summed E-state index contributed by atoms with van der Waals surface area (Å²) in [4.78, 5) is 4.58. The van der Waals surface area contributed by atoms with Crippen LogP contribution in [0.1, 0.15) is 26.7 Å². The third-order valence-electron chi connectivity index (χ3n) is 2.59. The molecule has 2 rings (SSSR count). The summed E-state index contributed by atoms with van der Waals surface area (Å²) in [5, 5.41) is 3.72. The third-order valence-corrected chi connectivity index (χ3v) is 2.83. The molecule has 0 saturated carbocycles. The Bertz CT molecular complexity index is 559. The molecule has 0 aliphatic carbocycles. The van der Waals surface area contributed by atoms with Gasteiger partial charge in [0.2, 0.25) is 11.8 Å². The lowest BCUT2D eigenvalue weighted by atomic mass is 9.97. The molecule has 104 valence electrons. The summed E-state index contributed by atoms with van der Waals surface area (Å²) in [6.45, 7) is 6.21. The van der Waals surface area contributed by atoms with E-state index in [-0.39, 0.29) is 17.8 Å². The molecule has 0 aliphatic rings. The van der Waals surface area contributed by atoms with Gasteiger partial charge in [-0.15, -0.1) is 12.4 Å². The summed E-state index contributed by atoms with van der Waals surface area (Å²) in [6.07, 6.45) is 0. The van der Waals surface area contributed by atoms with Crippen molar-refractivity contribution in [3.05, 3.63) is 35.2 Å². The molecule has 19 heavy (non-hydrogen) atoms. The van der Waals surface area contributed by atoms with Crippen molar-refractivity contribution >= 4 is 29.9 Å². The molecule has 3 nitrogen and oxygen atoms in total. The van der Waals surface area contributed by atoms with Gasteiger partial charge in [-0.3, -0.25) is 0 Å². The zero-order valence-corrected chi connectivity index (χ0v) is 13.0. The maximum absolute atomic E-state index is 6.01. The zero-order chi connectivity index (χ0) is 13.3. The minimum absolute atomic E-state index is 0. The lowest BCUT2D eigenvalue weighted by molar-refractivity contribution is 0.400. The Balaban J connectivity index is 0.00000180. The number of aromatic nitrogens is 1. The zero-order valence-electron chi connectivity index (χ0n) is 11.5. The van der Waals surface area contributed by atoms with Gasteiger partial charge < -0.3 is 9.73 Å². The van der Waals surface area contributed by atoms with E-state index in [1.807, 2.05) is 31.3 Å². The largest absolute Gasteiger partial charge is 0.424 e. The lowest BCUT2D eigenvalue weighted by Gasteiger charge is -2.11. The maximum Gasteiger partial charge on any atom is 0.221 e. The second-order valence-electron chi connectivity index (χ2n) is 5.21. The Hall–Kier alpha value is -1.19. The van der Waals surface area contributed by atoms with Gasteiger partial charge in [-0.1, -0.05) is 44.5 Å². The van der Waals surface area contributed by atoms with Gasteiger partial charge in [0, 0.05) is 23.0 Å². The summed E-state index contributed by atoms with van der Waals surface area (Å²) < 4.78 is 5.76. The van der Waals surface area contributed by atoms with E-state index in [9.17, 15) is 0 Å². The molecule has 0 bridgehead atoms. The average Bonchev–Trinajstić information content (AvgIpc) is 2.72. The molecule has 1 aromatic carbocycles. The van der Waals surface area contributed by atoms with E-state index in [0.29, 0.717) is 16.8 Å². The van der Waals surface area contributed by atoms with Gasteiger partial charge >= 0.3 is 0 Å². The molecule has 0 saturated heterocycles. The Labute approximate surface area is 124 Å². The Kier molecular flexibility index (Phi) is 4.88. The van der Waals surface area contributed by atoms with Crippen LogP contribution in [0.2, 0.25) is 5.02 Å². The first-order valence-corrected chi connectivity index (χ1v) is 6.24. The quantitative estimate of drug-likeness (QED) is 0.869. The number of hydrogen-bond acceptors (Lipinski definition) is 3. The first-order chi connectivity index (χ1) is 8.41. The van der Waals surface area contributed by atoms with Crippen molar-refractivity contribution in [1.29, 1.82) is 0 Å². The monoisotopic (exact) mass is 300 g/mol. The number of benzene rings is 1. The van der Waals surface area contributed by atoms with Crippen molar-refractivity contribution in [2.75, 3.05) is 12.4 Å². The molecule has 0 amide bonds. The highest BCUT2D eigenvalue weighted by molar-refractivity contribution is 6.30. The number of oxazole rings is 1. The first-order valence-electron chi connectivity index (χ1n) is 5.87. The fourth-order valence-corrected chi connectivity index (χ4v) is 1.83. The van der Waals surface area contributed by atoms with Crippen molar-refractivity contribution < 1.29 is 4.42 Å². The molecular weight excluding hydrogens is 283 g/mol. The molecule has 0 unspecified atom stereocenters. The van der Waals surface area contributed by atoms with E-state index < -0.39 is 0 Å². The molecule has 0 atom stereocenters. The highest BCUT2D eigenvalue weighted by Gasteiger charge is 2.24. The van der Waals surface area contributed by atoms with Gasteiger partial charge in [0.15, 0.2) is 0 Å². The maximum atomic E-state index is 6.01. The van der Waals surface area contributed by atoms with Crippen LogP contribution in [0.25, 0.3) is 11.3 Å². The van der Waals surface area contributed by atoms with E-state index in [1.165, 1.54) is 0 Å². The van der Waals surface area contributed by atoms with Crippen LogP contribution in [0.15, 0.2) is 28.7 Å². The molecule has 1 heterocycles. The molecule has 1 N–H and O–H groups in total. The highest BCUT2D eigenvalue weighted by atomic mass is 35.5. The predicted octanol–water partition coefficient (Wildman–Crippen LogP) is 4.76. The van der Waals surface area contributed by atoms with E-state index in [2.05, 4.69) is 31.1 Å². The molecule has 0 radical (unpaired) electrons. The van der Waals surface area contributed by atoms with Crippen LogP contribution in [0.4, 0.5) is 5.88 Å². The summed E-state index contributed by atoms with van der Waals surface area (Å²) in [5.41, 5.74) is 1.62. The second kappa shape index (κ2) is 5.85. The Morgan fingerprint density at radius 1 is 1.26 bits per heavy atom. The topological polar surface area (TPSA) is 38.1 Å². The normalized spacial score (nSPS) is 11.0. The van der Waals surface area contributed by atoms with Gasteiger partial charge in [0.1, 0.15) is 5.69 Å². The molecule has 0 spiro atoms. The van der Waals surface area contributed by atoms with E-state index in [0.717, 1.165) is 11.3 Å². The van der Waals surface area contributed by atoms with Crippen LogP contribution in [0, 0.1) is 0 Å². The summed E-state index contributed by atoms with van der Waals surface area (Å²) in [5.74, 6) is 1.38. The molecule has 0 aliphatic heterocycles. The minimum atomic E-state index is -0.123. The highest BCUT2D eigenvalue weighted by Crippen LogP contribution is 2.33. The molecule has 0 fully saturated rings. The Morgan fingerprint density at radius 3 is 2.47 bits per heavy atom. The number of halogens is 2. The van der Waals surface area contributed by atoms with Crippen molar-refractivity contribution in [2.45, 2.75) is 26.2 Å². The second-order valence-corrected chi connectivity index (χ2v) is 5.64. The van der Waals surface area contributed by atoms with Gasteiger partial charge in [-0.2, -0.15) is 0 Å². The van der Waals surface area contributed by atoms with E-state index >= 15 is 0 Å². The van der Waals surface area contributed by atoms with Gasteiger partial charge in [0.05, 0.1) is 0 Å². The number of anilines is 1. The van der Waals surface area contributed by atoms with Crippen molar-refractivity contribution in [3.63, 3.8) is 0 Å².